The molecular formula is C24H33N3O3. The SMILES string of the molecule is CC1CCN(Cc2ccc(CNC(=O)CN3C(=O)[C@H]4CCCC[C@@H]4C3=O)cc2)CC1. The molecule has 1 N–H and O–H groups in total. The highest BCUT2D eigenvalue weighted by atomic mass is 16.2. The Morgan fingerprint density at radius 1 is 0.933 bits per heavy atom. The van der Waals surface area contributed by atoms with Gasteiger partial charge in [-0.3, -0.25) is 24.2 Å². The average molecular weight is 412 g/mol. The summed E-state index contributed by atoms with van der Waals surface area (Å²) in [5, 5.41) is 2.86. The summed E-state index contributed by atoms with van der Waals surface area (Å²) in [7, 11) is 0. The van der Waals surface area contributed by atoms with Crippen molar-refractivity contribution in [3.63, 3.8) is 0 Å². The number of fused-ring (bicyclic) bond motifs is 1. The second-order valence-electron chi connectivity index (χ2n) is 9.31. The molecule has 0 unspecified atom stereocenters. The number of likely N-dealkylation sites (tertiary alicyclic amines) is 2. The Morgan fingerprint density at radius 2 is 1.50 bits per heavy atom. The number of imide groups is 1. The highest BCUT2D eigenvalue weighted by Crippen LogP contribution is 2.37. The van der Waals surface area contributed by atoms with Crippen LogP contribution in [0.5, 0.6) is 0 Å². The minimum Gasteiger partial charge on any atom is -0.350 e. The molecule has 2 saturated heterocycles. The third-order valence-electron chi connectivity index (χ3n) is 7.03. The molecule has 0 radical (unpaired) electrons. The summed E-state index contributed by atoms with van der Waals surface area (Å²) < 4.78 is 0. The van der Waals surface area contributed by atoms with E-state index in [0.29, 0.717) is 6.54 Å². The first-order valence-corrected chi connectivity index (χ1v) is 11.4. The van der Waals surface area contributed by atoms with E-state index in [4.69, 9.17) is 0 Å². The van der Waals surface area contributed by atoms with Crippen molar-refractivity contribution in [1.29, 1.82) is 0 Å². The summed E-state index contributed by atoms with van der Waals surface area (Å²) >= 11 is 0. The Kier molecular flexibility index (Phi) is 6.52. The maximum atomic E-state index is 12.5. The first-order valence-electron chi connectivity index (χ1n) is 11.4. The largest absolute Gasteiger partial charge is 0.350 e. The number of carbonyl (C=O) groups excluding carboxylic acids is 3. The van der Waals surface area contributed by atoms with E-state index in [1.807, 2.05) is 12.1 Å². The van der Waals surface area contributed by atoms with Crippen LogP contribution in [0.3, 0.4) is 0 Å². The van der Waals surface area contributed by atoms with Crippen molar-refractivity contribution in [2.75, 3.05) is 19.6 Å². The van der Waals surface area contributed by atoms with Crippen molar-refractivity contribution < 1.29 is 14.4 Å². The van der Waals surface area contributed by atoms with Crippen molar-refractivity contribution in [2.24, 2.45) is 17.8 Å². The molecule has 3 aliphatic rings. The van der Waals surface area contributed by atoms with Crippen LogP contribution in [0.1, 0.15) is 56.6 Å². The van der Waals surface area contributed by atoms with Crippen molar-refractivity contribution in [3.8, 4) is 0 Å². The Hall–Kier alpha value is -2.21. The van der Waals surface area contributed by atoms with Gasteiger partial charge in [0, 0.05) is 13.1 Å². The maximum Gasteiger partial charge on any atom is 0.240 e. The van der Waals surface area contributed by atoms with Crippen molar-refractivity contribution in [3.05, 3.63) is 35.4 Å². The standard InChI is InChI=1S/C24H33N3O3/c1-17-10-12-26(13-11-17)15-19-8-6-18(7-9-19)14-25-22(28)16-27-23(29)20-4-2-3-5-21(20)24(27)30/h6-9,17,20-21H,2-5,10-16H2,1H3,(H,25,28)/t20-,21-/m0/s1. The van der Waals surface area contributed by atoms with Gasteiger partial charge in [0.2, 0.25) is 17.7 Å². The Balaban J connectivity index is 1.24. The van der Waals surface area contributed by atoms with Gasteiger partial charge < -0.3 is 5.32 Å². The lowest BCUT2D eigenvalue weighted by Crippen LogP contribution is -2.40. The summed E-state index contributed by atoms with van der Waals surface area (Å²) in [6.45, 7) is 5.87. The number of nitrogens with zero attached hydrogens (tertiary/aromatic N) is 2. The van der Waals surface area contributed by atoms with Crippen LogP contribution in [0.2, 0.25) is 0 Å². The van der Waals surface area contributed by atoms with Crippen LogP contribution in [-0.4, -0.2) is 47.2 Å². The number of piperidine rings is 1. The minimum absolute atomic E-state index is 0.156. The normalized spacial score (nSPS) is 25.4. The second kappa shape index (κ2) is 9.29. The topological polar surface area (TPSA) is 69.7 Å². The van der Waals surface area contributed by atoms with Gasteiger partial charge in [-0.1, -0.05) is 44.0 Å². The van der Waals surface area contributed by atoms with E-state index in [1.54, 1.807) is 0 Å². The van der Waals surface area contributed by atoms with Gasteiger partial charge in [-0.05, 0) is 55.8 Å². The number of benzene rings is 1. The smallest absolute Gasteiger partial charge is 0.240 e. The fraction of sp³-hybridized carbons (Fsp3) is 0.625. The summed E-state index contributed by atoms with van der Waals surface area (Å²) in [5.74, 6) is -0.152. The Labute approximate surface area is 179 Å². The van der Waals surface area contributed by atoms with Gasteiger partial charge in [0.25, 0.3) is 0 Å². The van der Waals surface area contributed by atoms with Gasteiger partial charge in [-0.15, -0.1) is 0 Å². The third kappa shape index (κ3) is 4.75. The van der Waals surface area contributed by atoms with Crippen LogP contribution in [-0.2, 0) is 27.5 Å². The molecule has 30 heavy (non-hydrogen) atoms. The molecule has 1 aliphatic carbocycles. The molecule has 6 heteroatoms. The molecule has 3 amide bonds. The zero-order valence-electron chi connectivity index (χ0n) is 17.9. The summed E-state index contributed by atoms with van der Waals surface area (Å²) in [5.41, 5.74) is 2.31. The molecule has 2 atom stereocenters. The molecule has 4 rings (SSSR count). The highest BCUT2D eigenvalue weighted by Gasteiger charge is 2.48. The molecule has 3 fully saturated rings. The number of nitrogens with one attached hydrogen (secondary N) is 1. The lowest BCUT2D eigenvalue weighted by Gasteiger charge is -2.30. The van der Waals surface area contributed by atoms with Gasteiger partial charge in [0.1, 0.15) is 6.54 Å². The van der Waals surface area contributed by atoms with E-state index in [0.717, 1.165) is 56.8 Å². The highest BCUT2D eigenvalue weighted by molar-refractivity contribution is 6.07. The fourth-order valence-corrected chi connectivity index (χ4v) is 5.03. The Morgan fingerprint density at radius 3 is 2.10 bits per heavy atom. The molecule has 0 aromatic heterocycles. The molecule has 1 aromatic rings. The van der Waals surface area contributed by atoms with E-state index in [9.17, 15) is 14.4 Å². The van der Waals surface area contributed by atoms with E-state index in [-0.39, 0.29) is 36.1 Å². The molecule has 2 aliphatic heterocycles. The number of rotatable bonds is 6. The third-order valence-corrected chi connectivity index (χ3v) is 7.03. The predicted molar refractivity (Wildman–Crippen MR) is 114 cm³/mol. The lowest BCUT2D eigenvalue weighted by atomic mass is 9.81. The average Bonchev–Trinajstić information content (AvgIpc) is 3.00. The molecule has 2 heterocycles. The summed E-state index contributed by atoms with van der Waals surface area (Å²) in [6, 6.07) is 8.33. The zero-order valence-corrected chi connectivity index (χ0v) is 17.9. The number of carbonyl (C=O) groups is 3. The van der Waals surface area contributed by atoms with E-state index >= 15 is 0 Å². The first-order chi connectivity index (χ1) is 14.5. The van der Waals surface area contributed by atoms with Gasteiger partial charge in [-0.2, -0.15) is 0 Å². The quantitative estimate of drug-likeness (QED) is 0.731. The van der Waals surface area contributed by atoms with Gasteiger partial charge in [0.15, 0.2) is 0 Å². The molecular weight excluding hydrogens is 378 g/mol. The molecule has 1 aromatic carbocycles. The van der Waals surface area contributed by atoms with E-state index in [2.05, 4.69) is 29.3 Å². The zero-order chi connectivity index (χ0) is 21.1. The van der Waals surface area contributed by atoms with Gasteiger partial charge in [-0.25, -0.2) is 0 Å². The Bertz CT molecular complexity index is 759. The molecule has 6 nitrogen and oxygen atoms in total. The molecule has 1 saturated carbocycles. The summed E-state index contributed by atoms with van der Waals surface area (Å²) in [4.78, 5) is 41.0. The van der Waals surface area contributed by atoms with E-state index in [1.165, 1.54) is 23.3 Å². The van der Waals surface area contributed by atoms with Crippen molar-refractivity contribution in [1.82, 2.24) is 15.1 Å². The molecule has 0 bridgehead atoms. The molecule has 0 spiro atoms. The molecule has 162 valence electrons. The van der Waals surface area contributed by atoms with Crippen LogP contribution >= 0.6 is 0 Å². The van der Waals surface area contributed by atoms with Crippen molar-refractivity contribution in [2.45, 2.75) is 58.5 Å². The fourth-order valence-electron chi connectivity index (χ4n) is 5.03. The van der Waals surface area contributed by atoms with Gasteiger partial charge in [0.05, 0.1) is 11.8 Å². The van der Waals surface area contributed by atoms with Gasteiger partial charge >= 0.3 is 0 Å². The van der Waals surface area contributed by atoms with Crippen LogP contribution in [0, 0.1) is 17.8 Å². The van der Waals surface area contributed by atoms with Crippen LogP contribution in [0.15, 0.2) is 24.3 Å². The van der Waals surface area contributed by atoms with Crippen LogP contribution in [0.25, 0.3) is 0 Å². The van der Waals surface area contributed by atoms with Crippen molar-refractivity contribution >= 4 is 17.7 Å². The van der Waals surface area contributed by atoms with Crippen LogP contribution in [0.4, 0.5) is 0 Å². The van der Waals surface area contributed by atoms with Crippen LogP contribution < -0.4 is 5.32 Å². The predicted octanol–water partition coefficient (Wildman–Crippen LogP) is 2.71. The lowest BCUT2D eigenvalue weighted by molar-refractivity contribution is -0.143. The minimum atomic E-state index is -0.276. The first kappa shape index (κ1) is 21.0. The van der Waals surface area contributed by atoms with E-state index < -0.39 is 0 Å². The maximum absolute atomic E-state index is 12.5. The summed E-state index contributed by atoms with van der Waals surface area (Å²) in [6.07, 6.45) is 6.08. The second-order valence-corrected chi connectivity index (χ2v) is 9.31. The number of amides is 3. The number of hydrogen-bond donors (Lipinski definition) is 1. The number of hydrogen-bond acceptors (Lipinski definition) is 4. The monoisotopic (exact) mass is 411 g/mol.